The van der Waals surface area contributed by atoms with Gasteiger partial charge < -0.3 is 15.5 Å². The normalized spacial score (nSPS) is 19.4. The molecule has 2 aliphatic heterocycles. The fraction of sp³-hybridized carbons (Fsp3) is 0.368. The van der Waals surface area contributed by atoms with Crippen LogP contribution in [0.3, 0.4) is 0 Å². The summed E-state index contributed by atoms with van der Waals surface area (Å²) in [6.45, 7) is 3.64. The molecular weight excluding hydrogens is 316 g/mol. The van der Waals surface area contributed by atoms with Crippen LogP contribution in [-0.2, 0) is 4.74 Å². The molecular formula is C19H20N4O2. The first kappa shape index (κ1) is 14.7. The molecule has 2 aromatic heterocycles. The Labute approximate surface area is 145 Å². The van der Waals surface area contributed by atoms with Crippen molar-refractivity contribution >= 4 is 27.7 Å². The average molecular weight is 336 g/mol. The number of benzene rings is 1. The zero-order chi connectivity index (χ0) is 17.0. The third kappa shape index (κ3) is 2.07. The van der Waals surface area contributed by atoms with Crippen LogP contribution in [0.25, 0.3) is 21.8 Å². The van der Waals surface area contributed by atoms with E-state index in [1.54, 1.807) is 6.20 Å². The Morgan fingerprint density at radius 1 is 1.12 bits per heavy atom. The van der Waals surface area contributed by atoms with E-state index in [0.717, 1.165) is 61.0 Å². The predicted molar refractivity (Wildman–Crippen MR) is 96.2 cm³/mol. The fourth-order valence-electron chi connectivity index (χ4n) is 4.35. The van der Waals surface area contributed by atoms with Gasteiger partial charge in [0.25, 0.3) is 5.91 Å². The summed E-state index contributed by atoms with van der Waals surface area (Å²) in [5.74, 6) is -0.441. The van der Waals surface area contributed by atoms with E-state index in [4.69, 9.17) is 10.5 Å². The van der Waals surface area contributed by atoms with E-state index in [0.29, 0.717) is 11.0 Å². The molecule has 2 aliphatic rings. The largest absolute Gasteiger partial charge is 0.381 e. The number of para-hydroxylation sites is 1. The van der Waals surface area contributed by atoms with E-state index in [1.807, 2.05) is 18.3 Å². The molecule has 2 N–H and O–H groups in total. The van der Waals surface area contributed by atoms with Crippen molar-refractivity contribution in [3.8, 4) is 0 Å². The van der Waals surface area contributed by atoms with Crippen molar-refractivity contribution in [2.45, 2.75) is 12.8 Å². The highest BCUT2D eigenvalue weighted by atomic mass is 16.5. The van der Waals surface area contributed by atoms with Gasteiger partial charge in [-0.05, 0) is 18.9 Å². The van der Waals surface area contributed by atoms with Gasteiger partial charge in [-0.1, -0.05) is 18.2 Å². The molecule has 4 heterocycles. The van der Waals surface area contributed by atoms with Gasteiger partial charge in [0.05, 0.1) is 16.6 Å². The van der Waals surface area contributed by atoms with Gasteiger partial charge in [0.15, 0.2) is 0 Å². The molecule has 3 aromatic rings. The zero-order valence-corrected chi connectivity index (χ0v) is 13.9. The van der Waals surface area contributed by atoms with E-state index >= 15 is 0 Å². The molecule has 1 spiro atoms. The summed E-state index contributed by atoms with van der Waals surface area (Å²) in [5, 5.41) is 4.39. The van der Waals surface area contributed by atoms with Crippen LogP contribution < -0.4 is 10.7 Å². The van der Waals surface area contributed by atoms with Gasteiger partial charge in [-0.25, -0.2) is 0 Å². The number of carbonyl (C=O) groups excluding carboxylic acids is 1. The van der Waals surface area contributed by atoms with Crippen LogP contribution >= 0.6 is 0 Å². The molecule has 25 heavy (non-hydrogen) atoms. The summed E-state index contributed by atoms with van der Waals surface area (Å²) in [6.07, 6.45) is 5.60. The lowest BCUT2D eigenvalue weighted by Gasteiger charge is -2.53. The van der Waals surface area contributed by atoms with Crippen molar-refractivity contribution < 1.29 is 9.53 Å². The number of hydrogen-bond acceptors (Lipinski definition) is 4. The first-order chi connectivity index (χ1) is 12.2. The first-order valence-corrected chi connectivity index (χ1v) is 8.69. The molecule has 5 rings (SSSR count). The number of nitrogens with zero attached hydrogens (tertiary/aromatic N) is 3. The quantitative estimate of drug-likeness (QED) is 0.777. The number of aromatic nitrogens is 2. The summed E-state index contributed by atoms with van der Waals surface area (Å²) in [6, 6.07) is 8.21. The number of nitrogens with two attached hydrogens (primary N) is 1. The molecule has 1 aromatic carbocycles. The van der Waals surface area contributed by atoms with Crippen molar-refractivity contribution in [3.63, 3.8) is 0 Å². The Morgan fingerprint density at radius 3 is 2.64 bits per heavy atom. The van der Waals surface area contributed by atoms with Crippen LogP contribution in [0, 0.1) is 5.41 Å². The molecule has 2 saturated heterocycles. The average Bonchev–Trinajstić information content (AvgIpc) is 2.94. The van der Waals surface area contributed by atoms with Crippen LogP contribution in [0.4, 0.5) is 0 Å². The van der Waals surface area contributed by atoms with Gasteiger partial charge in [-0.3, -0.25) is 14.5 Å². The molecule has 0 aliphatic carbocycles. The second-order valence-corrected chi connectivity index (χ2v) is 7.21. The summed E-state index contributed by atoms with van der Waals surface area (Å²) in [5.41, 5.74) is 8.41. The van der Waals surface area contributed by atoms with Crippen molar-refractivity contribution in [2.75, 3.05) is 31.3 Å². The minimum atomic E-state index is -0.441. The van der Waals surface area contributed by atoms with Gasteiger partial charge in [-0.2, -0.15) is 0 Å². The molecule has 0 saturated carbocycles. The summed E-state index contributed by atoms with van der Waals surface area (Å²) < 4.78 is 7.70. The number of amides is 1. The Morgan fingerprint density at radius 2 is 1.88 bits per heavy atom. The van der Waals surface area contributed by atoms with Gasteiger partial charge in [0.1, 0.15) is 0 Å². The number of primary amides is 1. The number of ether oxygens (including phenoxy) is 1. The van der Waals surface area contributed by atoms with Crippen LogP contribution in [-0.4, -0.2) is 41.9 Å². The van der Waals surface area contributed by atoms with Crippen LogP contribution in [0.2, 0.25) is 0 Å². The lowest BCUT2D eigenvalue weighted by Crippen LogP contribution is -2.62. The number of carbonyl (C=O) groups is 1. The predicted octanol–water partition coefficient (Wildman–Crippen LogP) is 2.04. The molecule has 128 valence electrons. The van der Waals surface area contributed by atoms with E-state index in [9.17, 15) is 4.79 Å². The Balaban J connectivity index is 1.69. The second kappa shape index (κ2) is 5.20. The third-order valence-electron chi connectivity index (χ3n) is 5.69. The highest BCUT2D eigenvalue weighted by Crippen LogP contribution is 2.41. The second-order valence-electron chi connectivity index (χ2n) is 7.21. The number of rotatable bonds is 2. The molecule has 0 bridgehead atoms. The maximum absolute atomic E-state index is 12.0. The highest BCUT2D eigenvalue weighted by molar-refractivity contribution is 6.15. The summed E-state index contributed by atoms with van der Waals surface area (Å²) in [4.78, 5) is 16.2. The topological polar surface area (TPSA) is 73.4 Å². The Hall–Kier alpha value is -2.60. The van der Waals surface area contributed by atoms with Crippen molar-refractivity contribution in [1.82, 2.24) is 9.66 Å². The van der Waals surface area contributed by atoms with E-state index < -0.39 is 5.91 Å². The van der Waals surface area contributed by atoms with E-state index in [2.05, 4.69) is 26.8 Å². The molecule has 1 amide bonds. The van der Waals surface area contributed by atoms with Crippen molar-refractivity contribution in [2.24, 2.45) is 11.1 Å². The molecule has 0 unspecified atom stereocenters. The van der Waals surface area contributed by atoms with E-state index in [-0.39, 0.29) is 0 Å². The van der Waals surface area contributed by atoms with Gasteiger partial charge in [0, 0.05) is 54.9 Å². The zero-order valence-electron chi connectivity index (χ0n) is 13.9. The highest BCUT2D eigenvalue weighted by Gasteiger charge is 2.45. The fourth-order valence-corrected chi connectivity index (χ4v) is 4.35. The van der Waals surface area contributed by atoms with Crippen molar-refractivity contribution in [1.29, 1.82) is 0 Å². The maximum Gasteiger partial charge on any atom is 0.252 e. The lowest BCUT2D eigenvalue weighted by molar-refractivity contribution is -0.00831. The minimum Gasteiger partial charge on any atom is -0.381 e. The Bertz CT molecular complexity index is 980. The maximum atomic E-state index is 12.0. The minimum absolute atomic E-state index is 0.343. The van der Waals surface area contributed by atoms with Crippen LogP contribution in [0.1, 0.15) is 23.2 Å². The number of pyridine rings is 1. The van der Waals surface area contributed by atoms with E-state index in [1.165, 1.54) is 0 Å². The standard InChI is InChI=1S/C19H20N4O2/c20-18(24)15-10-21-9-14-13-3-1-2-4-16(13)23(17(14)15)22-11-19(12-22)5-7-25-8-6-19/h1-4,9-10H,5-8,11-12H2,(H2,20,24). The molecule has 6 heteroatoms. The van der Waals surface area contributed by atoms with Crippen LogP contribution in [0.15, 0.2) is 36.7 Å². The van der Waals surface area contributed by atoms with Gasteiger partial charge in [-0.15, -0.1) is 0 Å². The molecule has 2 fully saturated rings. The first-order valence-electron chi connectivity index (χ1n) is 8.69. The monoisotopic (exact) mass is 336 g/mol. The van der Waals surface area contributed by atoms with Crippen molar-refractivity contribution in [3.05, 3.63) is 42.2 Å². The van der Waals surface area contributed by atoms with Crippen LogP contribution in [0.5, 0.6) is 0 Å². The summed E-state index contributed by atoms with van der Waals surface area (Å²) >= 11 is 0. The van der Waals surface area contributed by atoms with Gasteiger partial charge in [0.2, 0.25) is 0 Å². The third-order valence-corrected chi connectivity index (χ3v) is 5.69. The van der Waals surface area contributed by atoms with Gasteiger partial charge >= 0.3 is 0 Å². The lowest BCUT2D eigenvalue weighted by atomic mass is 9.74. The summed E-state index contributed by atoms with van der Waals surface area (Å²) in [7, 11) is 0. The smallest absolute Gasteiger partial charge is 0.252 e. The Kier molecular flexibility index (Phi) is 3.06. The molecule has 0 radical (unpaired) electrons. The molecule has 6 nitrogen and oxygen atoms in total. The number of fused-ring (bicyclic) bond motifs is 3. The SMILES string of the molecule is NC(=O)c1cncc2c3ccccc3n(N3CC4(CCOCC4)C3)c12. The number of hydrogen-bond donors (Lipinski definition) is 1. The molecule has 0 atom stereocenters.